The topological polar surface area (TPSA) is 66.9 Å². The lowest BCUT2D eigenvalue weighted by atomic mass is 10.0. The summed E-state index contributed by atoms with van der Waals surface area (Å²) in [5.74, 6) is -0.661. The summed E-state index contributed by atoms with van der Waals surface area (Å²) < 4.78 is 0. The number of amides is 1. The highest BCUT2D eigenvalue weighted by atomic mass is 16.1. The molecule has 1 amide bonds. The number of hydrogen-bond donors (Lipinski definition) is 1. The van der Waals surface area contributed by atoms with E-state index in [4.69, 9.17) is 11.0 Å². The highest BCUT2D eigenvalue weighted by Crippen LogP contribution is 2.11. The zero-order chi connectivity index (χ0) is 11.3. The Morgan fingerprint density at radius 3 is 2.47 bits per heavy atom. The summed E-state index contributed by atoms with van der Waals surface area (Å²) in [6.07, 6.45) is 0.576. The molecule has 1 aromatic carbocycles. The monoisotopic (exact) mass is 200 g/mol. The maximum Gasteiger partial charge on any atom is 0.259 e. The molecule has 0 unspecified atom stereocenters. The van der Waals surface area contributed by atoms with Crippen LogP contribution in [0.2, 0.25) is 0 Å². The molecule has 0 bridgehead atoms. The van der Waals surface area contributed by atoms with Gasteiger partial charge < -0.3 is 5.73 Å². The third kappa shape index (κ3) is 2.96. The van der Waals surface area contributed by atoms with Crippen molar-refractivity contribution < 1.29 is 4.79 Å². The summed E-state index contributed by atoms with van der Waals surface area (Å²) in [5.41, 5.74) is 6.90. The molecule has 0 aliphatic rings. The van der Waals surface area contributed by atoms with Crippen LogP contribution >= 0.6 is 0 Å². The number of primary amides is 1. The quantitative estimate of drug-likeness (QED) is 0.594. The van der Waals surface area contributed by atoms with Crippen LogP contribution < -0.4 is 5.73 Å². The fraction of sp³-hybridized carbons (Fsp3) is 0.167. The number of carbonyl (C=O) groups is 1. The van der Waals surface area contributed by atoms with E-state index >= 15 is 0 Å². The number of nitrogens with zero attached hydrogens (tertiary/aromatic N) is 1. The number of nitriles is 1. The predicted octanol–water partition coefficient (Wildman–Crippen LogP) is 1.55. The average molecular weight is 200 g/mol. The molecular weight excluding hydrogens is 188 g/mol. The second-order valence-electron chi connectivity index (χ2n) is 3.29. The van der Waals surface area contributed by atoms with E-state index < -0.39 is 5.91 Å². The van der Waals surface area contributed by atoms with Crippen molar-refractivity contribution in [2.45, 2.75) is 13.3 Å². The molecule has 76 valence electrons. The van der Waals surface area contributed by atoms with Crippen molar-refractivity contribution in [3.8, 4) is 6.07 Å². The molecule has 0 aromatic heterocycles. The first-order valence-corrected chi connectivity index (χ1v) is 4.58. The van der Waals surface area contributed by atoms with Crippen molar-refractivity contribution in [1.29, 1.82) is 5.26 Å². The summed E-state index contributed by atoms with van der Waals surface area (Å²) in [5, 5.41) is 8.74. The van der Waals surface area contributed by atoms with Crippen LogP contribution in [0, 0.1) is 11.3 Å². The first kappa shape index (κ1) is 11.0. The molecule has 0 saturated heterocycles. The molecule has 2 N–H and O–H groups in total. The average Bonchev–Trinajstić information content (AvgIpc) is 2.19. The van der Waals surface area contributed by atoms with Gasteiger partial charge in [0.25, 0.3) is 5.91 Å². The lowest BCUT2D eigenvalue weighted by molar-refractivity contribution is -0.114. The van der Waals surface area contributed by atoms with Crippen molar-refractivity contribution in [1.82, 2.24) is 0 Å². The minimum Gasteiger partial charge on any atom is -0.365 e. The van der Waals surface area contributed by atoms with Crippen molar-refractivity contribution in [3.63, 3.8) is 0 Å². The maximum atomic E-state index is 10.9. The van der Waals surface area contributed by atoms with Crippen LogP contribution in [0.5, 0.6) is 0 Å². The van der Waals surface area contributed by atoms with Gasteiger partial charge in [-0.15, -0.1) is 0 Å². The second-order valence-corrected chi connectivity index (χ2v) is 3.29. The molecule has 3 heteroatoms. The van der Waals surface area contributed by atoms with Gasteiger partial charge in [0.15, 0.2) is 0 Å². The number of benzene rings is 1. The van der Waals surface area contributed by atoms with Crippen LogP contribution in [0.15, 0.2) is 41.5 Å². The Hall–Kier alpha value is -2.08. The van der Waals surface area contributed by atoms with E-state index in [1.807, 2.05) is 36.4 Å². The first-order chi connectivity index (χ1) is 7.15. The van der Waals surface area contributed by atoms with Gasteiger partial charge in [-0.25, -0.2) is 0 Å². The molecule has 0 atom stereocenters. The van der Waals surface area contributed by atoms with Crippen LogP contribution in [0.3, 0.4) is 0 Å². The van der Waals surface area contributed by atoms with E-state index in [0.717, 1.165) is 5.56 Å². The highest BCUT2D eigenvalue weighted by molar-refractivity contribution is 5.96. The minimum absolute atomic E-state index is 0.0545. The number of carbonyl (C=O) groups excluding carboxylic acids is 1. The maximum absolute atomic E-state index is 10.9. The SMILES string of the molecule is C/C(Cc1ccccc1)=C(/C#N)C(N)=O. The molecule has 1 aromatic rings. The van der Waals surface area contributed by atoms with Gasteiger partial charge in [-0.05, 0) is 24.5 Å². The Labute approximate surface area is 88.8 Å². The third-order valence-corrected chi connectivity index (χ3v) is 2.10. The number of hydrogen-bond acceptors (Lipinski definition) is 2. The van der Waals surface area contributed by atoms with E-state index in [0.29, 0.717) is 12.0 Å². The molecule has 0 radical (unpaired) electrons. The number of nitrogens with two attached hydrogens (primary N) is 1. The summed E-state index contributed by atoms with van der Waals surface area (Å²) in [6, 6.07) is 11.5. The zero-order valence-corrected chi connectivity index (χ0v) is 8.53. The van der Waals surface area contributed by atoms with Gasteiger partial charge in [-0.1, -0.05) is 30.3 Å². The number of rotatable bonds is 3. The molecule has 0 spiro atoms. The van der Waals surface area contributed by atoms with Crippen molar-refractivity contribution in [2.24, 2.45) is 5.73 Å². The Kier molecular flexibility index (Phi) is 3.64. The van der Waals surface area contributed by atoms with Crippen molar-refractivity contribution in [2.75, 3.05) is 0 Å². The van der Waals surface area contributed by atoms with E-state index in [-0.39, 0.29) is 5.57 Å². The fourth-order valence-corrected chi connectivity index (χ4v) is 1.35. The molecular formula is C12H12N2O. The lowest BCUT2D eigenvalue weighted by Crippen LogP contribution is -2.14. The molecule has 3 nitrogen and oxygen atoms in total. The van der Waals surface area contributed by atoms with Crippen molar-refractivity contribution >= 4 is 5.91 Å². The first-order valence-electron chi connectivity index (χ1n) is 4.58. The molecule has 0 aliphatic carbocycles. The molecule has 0 aliphatic heterocycles. The van der Waals surface area contributed by atoms with Gasteiger partial charge in [0.1, 0.15) is 11.6 Å². The number of allylic oxidation sites excluding steroid dienone is 1. The Balaban J connectivity index is 2.92. The summed E-state index contributed by atoms with van der Waals surface area (Å²) >= 11 is 0. The largest absolute Gasteiger partial charge is 0.365 e. The lowest BCUT2D eigenvalue weighted by Gasteiger charge is -2.02. The minimum atomic E-state index is -0.661. The van der Waals surface area contributed by atoms with E-state index in [1.165, 1.54) is 0 Å². The Morgan fingerprint density at radius 1 is 1.40 bits per heavy atom. The highest BCUT2D eigenvalue weighted by Gasteiger charge is 2.08. The molecule has 0 saturated carbocycles. The second kappa shape index (κ2) is 4.97. The molecule has 15 heavy (non-hydrogen) atoms. The third-order valence-electron chi connectivity index (χ3n) is 2.10. The summed E-state index contributed by atoms with van der Waals surface area (Å²) in [4.78, 5) is 10.9. The predicted molar refractivity (Wildman–Crippen MR) is 57.7 cm³/mol. The van der Waals surface area contributed by atoms with Gasteiger partial charge >= 0.3 is 0 Å². The summed E-state index contributed by atoms with van der Waals surface area (Å²) in [6.45, 7) is 1.75. The van der Waals surface area contributed by atoms with Gasteiger partial charge in [0.2, 0.25) is 0 Å². The standard InChI is InChI=1S/C12H12N2O/c1-9(11(8-13)12(14)15)7-10-5-3-2-4-6-10/h2-6H,7H2,1H3,(H2,14,15)/b11-9+. The molecule has 0 heterocycles. The fourth-order valence-electron chi connectivity index (χ4n) is 1.35. The Bertz CT molecular complexity index is 427. The van der Waals surface area contributed by atoms with E-state index in [1.54, 1.807) is 6.92 Å². The van der Waals surface area contributed by atoms with Crippen LogP contribution in [-0.4, -0.2) is 5.91 Å². The Morgan fingerprint density at radius 2 is 2.00 bits per heavy atom. The van der Waals surface area contributed by atoms with Crippen LogP contribution in [-0.2, 0) is 11.2 Å². The van der Waals surface area contributed by atoms with Crippen LogP contribution in [0.25, 0.3) is 0 Å². The van der Waals surface area contributed by atoms with Crippen LogP contribution in [0.1, 0.15) is 12.5 Å². The molecule has 0 fully saturated rings. The van der Waals surface area contributed by atoms with Crippen LogP contribution in [0.4, 0.5) is 0 Å². The normalized spacial score (nSPS) is 11.5. The van der Waals surface area contributed by atoms with Crippen molar-refractivity contribution in [3.05, 3.63) is 47.0 Å². The molecule has 1 rings (SSSR count). The van der Waals surface area contributed by atoms with Gasteiger partial charge in [-0.2, -0.15) is 5.26 Å². The smallest absolute Gasteiger partial charge is 0.259 e. The summed E-state index contributed by atoms with van der Waals surface area (Å²) in [7, 11) is 0. The van der Waals surface area contributed by atoms with Gasteiger partial charge in [-0.3, -0.25) is 4.79 Å². The van der Waals surface area contributed by atoms with E-state index in [9.17, 15) is 4.79 Å². The zero-order valence-electron chi connectivity index (χ0n) is 8.53. The van der Waals surface area contributed by atoms with Gasteiger partial charge in [0.05, 0.1) is 0 Å². The van der Waals surface area contributed by atoms with E-state index in [2.05, 4.69) is 0 Å². The van der Waals surface area contributed by atoms with Gasteiger partial charge in [0, 0.05) is 0 Å².